The summed E-state index contributed by atoms with van der Waals surface area (Å²) in [6, 6.07) is 1.64. The van der Waals surface area contributed by atoms with Crippen molar-refractivity contribution in [2.75, 3.05) is 20.1 Å². The summed E-state index contributed by atoms with van der Waals surface area (Å²) in [5.41, 5.74) is 0. The number of nitrogens with one attached hydrogen (secondary N) is 1. The lowest BCUT2D eigenvalue weighted by molar-refractivity contribution is 0.114. The van der Waals surface area contributed by atoms with Crippen LogP contribution >= 0.6 is 0 Å². The Kier molecular flexibility index (Phi) is 7.01. The monoisotopic (exact) mass is 294 g/mol. The second kappa shape index (κ2) is 8.53. The van der Waals surface area contributed by atoms with Crippen molar-refractivity contribution in [2.24, 2.45) is 17.8 Å². The number of rotatable bonds is 7. The highest BCUT2D eigenvalue weighted by molar-refractivity contribution is 4.88. The Bertz CT molecular complexity index is 283. The molecular formula is C19H38N2. The van der Waals surface area contributed by atoms with Crippen LogP contribution in [0.15, 0.2) is 0 Å². The largest absolute Gasteiger partial charge is 0.314 e. The summed E-state index contributed by atoms with van der Waals surface area (Å²) < 4.78 is 0. The fraction of sp³-hybridized carbons (Fsp3) is 1.00. The Morgan fingerprint density at radius 1 is 1.10 bits per heavy atom. The first-order chi connectivity index (χ1) is 10.1. The molecule has 0 aromatic rings. The predicted octanol–water partition coefficient (Wildman–Crippen LogP) is 4.30. The molecule has 0 bridgehead atoms. The minimum atomic E-state index is 0.767. The average molecular weight is 295 g/mol. The van der Waals surface area contributed by atoms with Gasteiger partial charge in [0.2, 0.25) is 0 Å². The summed E-state index contributed by atoms with van der Waals surface area (Å²) in [6.45, 7) is 9.63. The van der Waals surface area contributed by atoms with Crippen molar-refractivity contribution in [3.8, 4) is 0 Å². The highest BCUT2D eigenvalue weighted by Crippen LogP contribution is 2.35. The minimum Gasteiger partial charge on any atom is -0.314 e. The summed E-state index contributed by atoms with van der Waals surface area (Å²) in [4.78, 5) is 2.70. The average Bonchev–Trinajstić information content (AvgIpc) is 3.00. The molecule has 1 N–H and O–H groups in total. The minimum absolute atomic E-state index is 0.767. The van der Waals surface area contributed by atoms with Gasteiger partial charge in [0.05, 0.1) is 0 Å². The van der Waals surface area contributed by atoms with E-state index >= 15 is 0 Å². The smallest absolute Gasteiger partial charge is 0.0108 e. The van der Waals surface area contributed by atoms with Crippen LogP contribution in [0.2, 0.25) is 0 Å². The standard InChI is InChI=1S/C19H38N2/c1-5-12-20-19-11-10-16(15(2)3)13-17(19)14-21(4)18-8-6-7-9-18/h15-20H,5-14H2,1-4H3. The van der Waals surface area contributed by atoms with Crippen molar-refractivity contribution in [1.82, 2.24) is 10.2 Å². The molecule has 0 radical (unpaired) electrons. The SMILES string of the molecule is CCCNC1CCC(C(C)C)CC1CN(C)C1CCCC1. The maximum atomic E-state index is 3.85. The molecule has 0 aliphatic heterocycles. The van der Waals surface area contributed by atoms with Crippen molar-refractivity contribution >= 4 is 0 Å². The fourth-order valence-corrected chi connectivity index (χ4v) is 4.57. The molecule has 0 saturated heterocycles. The quantitative estimate of drug-likeness (QED) is 0.753. The van der Waals surface area contributed by atoms with Crippen LogP contribution in [0.3, 0.4) is 0 Å². The molecule has 0 spiro atoms. The molecule has 2 rings (SSSR count). The first-order valence-electron chi connectivity index (χ1n) is 9.55. The molecule has 0 amide bonds. The fourth-order valence-electron chi connectivity index (χ4n) is 4.57. The van der Waals surface area contributed by atoms with E-state index in [1.54, 1.807) is 0 Å². The molecule has 0 heterocycles. The maximum absolute atomic E-state index is 3.85. The van der Waals surface area contributed by atoms with E-state index in [2.05, 4.69) is 38.0 Å². The molecular weight excluding hydrogens is 256 g/mol. The highest BCUT2D eigenvalue weighted by Gasteiger charge is 2.33. The van der Waals surface area contributed by atoms with Gasteiger partial charge in [-0.1, -0.05) is 33.6 Å². The van der Waals surface area contributed by atoms with Crippen LogP contribution in [-0.4, -0.2) is 37.1 Å². The second-order valence-corrected chi connectivity index (χ2v) is 8.02. The van der Waals surface area contributed by atoms with Crippen molar-refractivity contribution in [2.45, 2.75) is 84.2 Å². The summed E-state index contributed by atoms with van der Waals surface area (Å²) in [6.07, 6.45) is 11.3. The van der Waals surface area contributed by atoms with E-state index in [1.165, 1.54) is 64.5 Å². The predicted molar refractivity (Wildman–Crippen MR) is 92.6 cm³/mol. The van der Waals surface area contributed by atoms with E-state index in [4.69, 9.17) is 0 Å². The molecule has 2 nitrogen and oxygen atoms in total. The van der Waals surface area contributed by atoms with Gasteiger partial charge in [0.1, 0.15) is 0 Å². The van der Waals surface area contributed by atoms with Crippen LogP contribution in [0.4, 0.5) is 0 Å². The van der Waals surface area contributed by atoms with Crippen LogP contribution in [0.5, 0.6) is 0 Å². The van der Waals surface area contributed by atoms with Gasteiger partial charge in [0.15, 0.2) is 0 Å². The summed E-state index contributed by atoms with van der Waals surface area (Å²) in [7, 11) is 2.38. The molecule has 3 atom stereocenters. The first kappa shape index (κ1) is 17.3. The number of nitrogens with zero attached hydrogens (tertiary/aromatic N) is 1. The third kappa shape index (κ3) is 4.96. The molecule has 2 saturated carbocycles. The third-order valence-electron chi connectivity index (χ3n) is 6.09. The van der Waals surface area contributed by atoms with Gasteiger partial charge >= 0.3 is 0 Å². The lowest BCUT2D eigenvalue weighted by atomic mass is 9.73. The van der Waals surface area contributed by atoms with Crippen molar-refractivity contribution in [1.29, 1.82) is 0 Å². The molecule has 124 valence electrons. The zero-order valence-corrected chi connectivity index (χ0v) is 14.9. The van der Waals surface area contributed by atoms with Crippen LogP contribution in [-0.2, 0) is 0 Å². The van der Waals surface area contributed by atoms with E-state index in [0.29, 0.717) is 0 Å². The lowest BCUT2D eigenvalue weighted by Gasteiger charge is -2.41. The van der Waals surface area contributed by atoms with Crippen LogP contribution in [0.1, 0.15) is 72.1 Å². The Morgan fingerprint density at radius 2 is 1.81 bits per heavy atom. The number of hydrogen-bond donors (Lipinski definition) is 1. The van der Waals surface area contributed by atoms with Crippen LogP contribution in [0.25, 0.3) is 0 Å². The third-order valence-corrected chi connectivity index (χ3v) is 6.09. The molecule has 2 aliphatic carbocycles. The van der Waals surface area contributed by atoms with E-state index in [-0.39, 0.29) is 0 Å². The zero-order valence-electron chi connectivity index (χ0n) is 14.9. The highest BCUT2D eigenvalue weighted by atomic mass is 15.1. The molecule has 0 aromatic carbocycles. The van der Waals surface area contributed by atoms with E-state index in [9.17, 15) is 0 Å². The molecule has 2 fully saturated rings. The topological polar surface area (TPSA) is 15.3 Å². The van der Waals surface area contributed by atoms with Crippen molar-refractivity contribution in [3.63, 3.8) is 0 Å². The molecule has 3 unspecified atom stereocenters. The Morgan fingerprint density at radius 3 is 2.43 bits per heavy atom. The number of hydrogen-bond acceptors (Lipinski definition) is 2. The van der Waals surface area contributed by atoms with Gasteiger partial charge in [-0.25, -0.2) is 0 Å². The zero-order chi connectivity index (χ0) is 15.2. The van der Waals surface area contributed by atoms with Crippen LogP contribution in [0, 0.1) is 17.8 Å². The Labute approximate surface area is 133 Å². The summed E-state index contributed by atoms with van der Waals surface area (Å²) in [5.74, 6) is 2.67. The Balaban J connectivity index is 1.91. The normalized spacial score (nSPS) is 31.4. The summed E-state index contributed by atoms with van der Waals surface area (Å²) in [5, 5.41) is 3.85. The van der Waals surface area contributed by atoms with E-state index < -0.39 is 0 Å². The van der Waals surface area contributed by atoms with Crippen molar-refractivity contribution in [3.05, 3.63) is 0 Å². The van der Waals surface area contributed by atoms with Gasteiger partial charge < -0.3 is 10.2 Å². The first-order valence-corrected chi connectivity index (χ1v) is 9.55. The van der Waals surface area contributed by atoms with Gasteiger partial charge in [-0.3, -0.25) is 0 Å². The van der Waals surface area contributed by atoms with E-state index in [1.807, 2.05) is 0 Å². The molecule has 2 heteroatoms. The van der Waals surface area contributed by atoms with E-state index in [0.717, 1.165) is 29.8 Å². The van der Waals surface area contributed by atoms with Crippen molar-refractivity contribution < 1.29 is 0 Å². The maximum Gasteiger partial charge on any atom is 0.0108 e. The molecule has 2 aliphatic rings. The molecule has 21 heavy (non-hydrogen) atoms. The van der Waals surface area contributed by atoms with Gasteiger partial charge in [-0.05, 0) is 69.9 Å². The van der Waals surface area contributed by atoms with Gasteiger partial charge in [0, 0.05) is 18.6 Å². The Hall–Kier alpha value is -0.0800. The van der Waals surface area contributed by atoms with Gasteiger partial charge in [-0.15, -0.1) is 0 Å². The summed E-state index contributed by atoms with van der Waals surface area (Å²) >= 11 is 0. The lowest BCUT2D eigenvalue weighted by Crippen LogP contribution is -2.47. The molecule has 0 aromatic heterocycles. The second-order valence-electron chi connectivity index (χ2n) is 8.02. The van der Waals surface area contributed by atoms with Crippen LogP contribution < -0.4 is 5.32 Å². The van der Waals surface area contributed by atoms with Gasteiger partial charge in [-0.2, -0.15) is 0 Å². The van der Waals surface area contributed by atoms with Gasteiger partial charge in [0.25, 0.3) is 0 Å².